The van der Waals surface area contributed by atoms with Gasteiger partial charge in [0.15, 0.2) is 11.5 Å². The van der Waals surface area contributed by atoms with Gasteiger partial charge in [0.1, 0.15) is 17.1 Å². The lowest BCUT2D eigenvalue weighted by atomic mass is 9.96. The third-order valence-electron chi connectivity index (χ3n) is 8.79. The van der Waals surface area contributed by atoms with Gasteiger partial charge in [-0.1, -0.05) is 91.0 Å². The average Bonchev–Trinajstić information content (AvgIpc) is 4.00. The predicted molar refractivity (Wildman–Crippen MR) is 218 cm³/mol. The predicted octanol–water partition coefficient (Wildman–Crippen LogP) is 8.70. The fraction of sp³-hybridized carbons (Fsp3) is 0.0488. The Balaban J connectivity index is 0.000000272. The van der Waals surface area contributed by atoms with Crippen LogP contribution >= 0.6 is 24.8 Å². The highest BCUT2D eigenvalue weighted by molar-refractivity contribution is 5.98. The Morgan fingerprint density at radius 3 is 2.07 bits per heavy atom. The molecular weight excluding hydrogens is 735 g/mol. The molecule has 3 aromatic carbocycles. The zero-order valence-electron chi connectivity index (χ0n) is 29.2. The largest absolute Gasteiger partial charge is 0.477 e. The number of pyridine rings is 3. The minimum absolute atomic E-state index is 0. The fourth-order valence-corrected chi connectivity index (χ4v) is 6.05. The number of rotatable bonds is 7. The van der Waals surface area contributed by atoms with Crippen LogP contribution in [0.3, 0.4) is 0 Å². The summed E-state index contributed by atoms with van der Waals surface area (Å²) in [6.07, 6.45) is 3.70. The maximum Gasteiger partial charge on any atom is 0.353 e. The van der Waals surface area contributed by atoms with Crippen LogP contribution in [0.1, 0.15) is 29.0 Å². The van der Waals surface area contributed by atoms with Gasteiger partial charge in [0.05, 0.1) is 22.6 Å². The van der Waals surface area contributed by atoms with Gasteiger partial charge < -0.3 is 10.8 Å². The van der Waals surface area contributed by atoms with Gasteiger partial charge in [-0.3, -0.25) is 19.6 Å². The highest BCUT2D eigenvalue weighted by atomic mass is 35.5. The molecule has 0 aliphatic rings. The van der Waals surface area contributed by atoms with Gasteiger partial charge in [0.25, 0.3) is 0 Å². The molecule has 0 amide bonds. The van der Waals surface area contributed by atoms with Crippen molar-refractivity contribution in [2.45, 2.75) is 13.0 Å². The van der Waals surface area contributed by atoms with Crippen LogP contribution in [0.5, 0.6) is 0 Å². The van der Waals surface area contributed by atoms with Crippen LogP contribution in [-0.4, -0.2) is 56.0 Å². The van der Waals surface area contributed by atoms with Crippen molar-refractivity contribution in [2.24, 2.45) is 5.73 Å². The first kappa shape index (κ1) is 38.0. The molecule has 0 aliphatic carbocycles. The number of fused-ring (bicyclic) bond motifs is 3. The number of aromatic carboxylic acids is 1. The van der Waals surface area contributed by atoms with E-state index in [4.69, 9.17) is 15.8 Å². The lowest BCUT2D eigenvalue weighted by Crippen LogP contribution is -2.04. The Morgan fingerprint density at radius 1 is 0.727 bits per heavy atom. The highest BCUT2D eigenvalue weighted by Crippen LogP contribution is 2.35. The third-order valence-corrected chi connectivity index (χ3v) is 8.79. The zero-order chi connectivity index (χ0) is 36.3. The van der Waals surface area contributed by atoms with Crippen LogP contribution in [0.25, 0.3) is 73.1 Å². The number of hydrogen-bond donors (Lipinski definition) is 4. The SMILES string of the molecule is C[C@@H](N)c1ccc(-c2nc3ccn4c(-c5cc(-c6ccccn6)n[nH]5)nnc4c3cc2-c2ccccc2)cc1.Cl.Cl.O=C(O)c1cc(-c2ccccc2)n[nH]1. The molecular formula is C41H34Cl2N10O2. The van der Waals surface area contributed by atoms with E-state index in [9.17, 15) is 4.79 Å². The smallest absolute Gasteiger partial charge is 0.353 e. The van der Waals surface area contributed by atoms with Gasteiger partial charge in [-0.15, -0.1) is 35.0 Å². The first-order valence-electron chi connectivity index (χ1n) is 16.8. The van der Waals surface area contributed by atoms with E-state index in [0.29, 0.717) is 11.5 Å². The van der Waals surface area contributed by atoms with Crippen LogP contribution in [-0.2, 0) is 0 Å². The molecule has 14 heteroatoms. The van der Waals surface area contributed by atoms with Crippen molar-refractivity contribution in [2.75, 3.05) is 0 Å². The zero-order valence-corrected chi connectivity index (χ0v) is 30.9. The molecule has 55 heavy (non-hydrogen) atoms. The number of nitrogens with zero attached hydrogens (tertiary/aromatic N) is 7. The molecule has 6 aromatic heterocycles. The highest BCUT2D eigenvalue weighted by Gasteiger charge is 2.18. The number of hydrogen-bond acceptors (Lipinski definition) is 8. The van der Waals surface area contributed by atoms with Gasteiger partial charge >= 0.3 is 5.97 Å². The first-order chi connectivity index (χ1) is 25.9. The summed E-state index contributed by atoms with van der Waals surface area (Å²) in [6.45, 7) is 1.99. The van der Waals surface area contributed by atoms with E-state index >= 15 is 0 Å². The van der Waals surface area contributed by atoms with Crippen molar-refractivity contribution in [3.8, 4) is 56.5 Å². The number of halogens is 2. The third kappa shape index (κ3) is 7.82. The Labute approximate surface area is 327 Å². The second-order valence-electron chi connectivity index (χ2n) is 12.3. The van der Waals surface area contributed by atoms with E-state index in [1.165, 1.54) is 6.07 Å². The van der Waals surface area contributed by atoms with E-state index in [0.717, 1.165) is 67.1 Å². The molecule has 0 aliphatic heterocycles. The van der Waals surface area contributed by atoms with E-state index in [1.54, 1.807) is 6.20 Å². The molecule has 9 aromatic rings. The lowest BCUT2D eigenvalue weighted by Gasteiger charge is -2.13. The normalized spacial score (nSPS) is 11.2. The van der Waals surface area contributed by atoms with E-state index in [-0.39, 0.29) is 36.5 Å². The minimum Gasteiger partial charge on any atom is -0.477 e. The molecule has 6 heterocycles. The van der Waals surface area contributed by atoms with Gasteiger partial charge in [-0.05, 0) is 54.4 Å². The topological polar surface area (TPSA) is 177 Å². The van der Waals surface area contributed by atoms with Crippen molar-refractivity contribution in [3.63, 3.8) is 0 Å². The summed E-state index contributed by atoms with van der Waals surface area (Å²) >= 11 is 0. The second-order valence-corrected chi connectivity index (χ2v) is 12.3. The lowest BCUT2D eigenvalue weighted by molar-refractivity contribution is 0.0690. The summed E-state index contributed by atoms with van der Waals surface area (Å²) in [5.74, 6) is -0.335. The van der Waals surface area contributed by atoms with Gasteiger partial charge in [0.2, 0.25) is 0 Å². The van der Waals surface area contributed by atoms with Crippen LogP contribution in [0.4, 0.5) is 0 Å². The minimum atomic E-state index is -1.00. The average molecular weight is 770 g/mol. The van der Waals surface area contributed by atoms with Gasteiger partial charge in [-0.25, -0.2) is 9.78 Å². The molecule has 0 radical (unpaired) electrons. The van der Waals surface area contributed by atoms with E-state index in [2.05, 4.69) is 78.0 Å². The molecule has 274 valence electrons. The molecule has 0 saturated heterocycles. The van der Waals surface area contributed by atoms with Crippen molar-refractivity contribution in [3.05, 3.63) is 151 Å². The van der Waals surface area contributed by atoms with Gasteiger partial charge in [-0.2, -0.15) is 10.2 Å². The quantitative estimate of drug-likeness (QED) is 0.124. The number of nitrogens with two attached hydrogens (primary N) is 1. The van der Waals surface area contributed by atoms with Crippen LogP contribution < -0.4 is 5.73 Å². The van der Waals surface area contributed by atoms with E-state index < -0.39 is 5.97 Å². The van der Waals surface area contributed by atoms with Crippen molar-refractivity contribution >= 4 is 47.3 Å². The number of aromatic nitrogens is 9. The van der Waals surface area contributed by atoms with Crippen LogP contribution in [0.15, 0.2) is 140 Å². The van der Waals surface area contributed by atoms with Crippen molar-refractivity contribution in [1.82, 2.24) is 45.0 Å². The standard InChI is InChI=1S/C31H24N8.C10H8N2O2.2ClH/c1-19(32)20-10-12-22(13-11-20)29-23(21-7-3-2-4-8-21)17-24-25(34-29)14-16-39-30(24)37-38-31(39)28-18-27(35-36-28)26-9-5-6-15-33-26;13-10(14)9-6-8(11-12-9)7-4-2-1-3-5-7;;/h2-19H,32H2,1H3,(H,35,36);1-6H,(H,11,12)(H,13,14);2*1H/t19-;;;/m1.../s1. The monoisotopic (exact) mass is 768 g/mol. The number of benzene rings is 3. The molecule has 0 unspecified atom stereocenters. The molecule has 0 saturated carbocycles. The van der Waals surface area contributed by atoms with Gasteiger partial charge in [0, 0.05) is 40.5 Å². The maximum atomic E-state index is 10.6. The van der Waals surface area contributed by atoms with E-state index in [1.807, 2.05) is 96.4 Å². The molecule has 0 spiro atoms. The molecule has 5 N–H and O–H groups in total. The number of carbonyl (C=O) groups is 1. The molecule has 9 rings (SSSR count). The number of H-pyrrole nitrogens is 2. The summed E-state index contributed by atoms with van der Waals surface area (Å²) < 4.78 is 1.96. The fourth-order valence-electron chi connectivity index (χ4n) is 6.05. The molecule has 0 bridgehead atoms. The summed E-state index contributed by atoms with van der Waals surface area (Å²) in [5.41, 5.74) is 16.7. The van der Waals surface area contributed by atoms with Crippen molar-refractivity contribution < 1.29 is 9.90 Å². The summed E-state index contributed by atoms with van der Waals surface area (Å²) in [7, 11) is 0. The van der Waals surface area contributed by atoms with Crippen LogP contribution in [0.2, 0.25) is 0 Å². The second kappa shape index (κ2) is 16.5. The summed E-state index contributed by atoms with van der Waals surface area (Å²) in [5, 5.41) is 32.6. The summed E-state index contributed by atoms with van der Waals surface area (Å²) in [4.78, 5) is 20.1. The summed E-state index contributed by atoms with van der Waals surface area (Å²) in [6, 6.07) is 41.3. The number of carboxylic acids is 1. The van der Waals surface area contributed by atoms with Crippen molar-refractivity contribution in [1.29, 1.82) is 0 Å². The maximum absolute atomic E-state index is 10.6. The number of nitrogens with one attached hydrogen (secondary N) is 2. The number of carboxylic acid groups (broad SMARTS) is 1. The molecule has 12 nitrogen and oxygen atoms in total. The Kier molecular flexibility index (Phi) is 11.4. The Hall–Kier alpha value is -6.73. The molecule has 1 atom stereocenters. The number of aromatic amines is 2. The Morgan fingerprint density at radius 2 is 1.42 bits per heavy atom. The Bertz CT molecular complexity index is 2680. The molecule has 0 fully saturated rings. The van der Waals surface area contributed by atoms with Crippen LogP contribution in [0, 0.1) is 0 Å². The first-order valence-corrected chi connectivity index (χ1v) is 16.8.